The summed E-state index contributed by atoms with van der Waals surface area (Å²) in [5.41, 5.74) is -2.06. The number of rotatable bonds is 9. The molecule has 1 fully saturated rings. The summed E-state index contributed by atoms with van der Waals surface area (Å²) in [6.07, 6.45) is -0.639. The zero-order chi connectivity index (χ0) is 30.8. The number of thioether (sulfide) groups is 1. The Bertz CT molecular complexity index is 1250. The lowest BCUT2D eigenvalue weighted by molar-refractivity contribution is -0.194. The van der Waals surface area contributed by atoms with Gasteiger partial charge in [-0.1, -0.05) is 0 Å². The maximum atomic E-state index is 13.6. The molecule has 12 nitrogen and oxygen atoms in total. The summed E-state index contributed by atoms with van der Waals surface area (Å²) < 4.78 is 21.5. The number of hydrogen-bond donors (Lipinski definition) is 2. The SMILES string of the molecule is CO[C@@]1(NC(=O)Cc2sccc2CNC(=O)OC(C)(C)C)C(=O)N2C(C(=O)OC(C)(C)C)=C(COC(C)=O)CS[C@@H]21. The van der Waals surface area contributed by atoms with Gasteiger partial charge in [-0.25, -0.2) is 9.59 Å². The number of nitrogens with zero attached hydrogens (tertiary/aromatic N) is 1. The van der Waals surface area contributed by atoms with Crippen molar-refractivity contribution in [3.05, 3.63) is 33.2 Å². The number of methoxy groups -OCH3 is 1. The van der Waals surface area contributed by atoms with Gasteiger partial charge >= 0.3 is 18.0 Å². The second-order valence-corrected chi connectivity index (χ2v) is 13.5. The van der Waals surface area contributed by atoms with Crippen molar-refractivity contribution in [3.8, 4) is 0 Å². The number of esters is 2. The molecule has 1 aromatic heterocycles. The van der Waals surface area contributed by atoms with E-state index in [0.717, 1.165) is 5.56 Å². The first-order chi connectivity index (χ1) is 19.0. The molecule has 226 valence electrons. The standard InChI is InChI=1S/C27H37N3O9S2/c1-15(31)37-13-17-14-41-23-27(36-8,22(34)30(23)20(17)21(33)38-25(2,3)4)29-19(32)11-18-16(9-10-40-18)12-28-24(35)39-26(5,6)7/h9-10,23H,11-14H2,1-8H3,(H,28,35)(H,29,32)/t23-,27+/m1/s1. The van der Waals surface area contributed by atoms with E-state index < -0.39 is 52.1 Å². The minimum Gasteiger partial charge on any atom is -0.461 e. The average Bonchev–Trinajstić information content (AvgIpc) is 3.28. The van der Waals surface area contributed by atoms with Gasteiger partial charge < -0.3 is 29.6 Å². The van der Waals surface area contributed by atoms with Crippen LogP contribution in [0.2, 0.25) is 0 Å². The molecule has 0 unspecified atom stereocenters. The van der Waals surface area contributed by atoms with Crippen LogP contribution in [-0.4, -0.2) is 76.5 Å². The number of hydrogen-bond acceptors (Lipinski definition) is 11. The molecule has 2 atom stereocenters. The fourth-order valence-corrected chi connectivity index (χ4v) is 6.44. The number of amides is 3. The number of carbonyl (C=O) groups excluding carboxylic acids is 5. The first-order valence-electron chi connectivity index (χ1n) is 12.9. The van der Waals surface area contributed by atoms with E-state index in [1.807, 2.05) is 0 Å². The number of thiophene rings is 1. The topological polar surface area (TPSA) is 150 Å². The summed E-state index contributed by atoms with van der Waals surface area (Å²) in [6.45, 7) is 11.6. The third kappa shape index (κ3) is 7.80. The van der Waals surface area contributed by atoms with Crippen LogP contribution in [-0.2, 0) is 51.1 Å². The van der Waals surface area contributed by atoms with E-state index in [1.54, 1.807) is 53.0 Å². The Morgan fingerprint density at radius 3 is 2.34 bits per heavy atom. The highest BCUT2D eigenvalue weighted by atomic mass is 32.2. The summed E-state index contributed by atoms with van der Waals surface area (Å²) >= 11 is 2.60. The minimum absolute atomic E-state index is 0.0226. The minimum atomic E-state index is -1.71. The summed E-state index contributed by atoms with van der Waals surface area (Å²) in [5.74, 6) is -2.16. The van der Waals surface area contributed by atoms with Gasteiger partial charge in [-0.15, -0.1) is 23.1 Å². The molecule has 0 bridgehead atoms. The Hall–Kier alpha value is -3.10. The molecule has 3 heterocycles. The quantitative estimate of drug-likeness (QED) is 0.185. The number of carbonyl (C=O) groups is 5. The zero-order valence-electron chi connectivity index (χ0n) is 24.5. The lowest BCUT2D eigenvalue weighted by Crippen LogP contribution is -2.80. The lowest BCUT2D eigenvalue weighted by Gasteiger charge is -2.56. The summed E-state index contributed by atoms with van der Waals surface area (Å²) in [4.78, 5) is 65.3. The molecule has 3 rings (SSSR count). The van der Waals surface area contributed by atoms with Crippen molar-refractivity contribution in [1.29, 1.82) is 0 Å². The highest BCUT2D eigenvalue weighted by Gasteiger charge is 2.66. The maximum absolute atomic E-state index is 13.6. The van der Waals surface area contributed by atoms with Gasteiger partial charge in [0, 0.05) is 36.8 Å². The van der Waals surface area contributed by atoms with E-state index in [-0.39, 0.29) is 31.0 Å². The van der Waals surface area contributed by atoms with Crippen molar-refractivity contribution in [1.82, 2.24) is 15.5 Å². The lowest BCUT2D eigenvalue weighted by atomic mass is 9.97. The van der Waals surface area contributed by atoms with E-state index >= 15 is 0 Å². The Morgan fingerprint density at radius 1 is 1.10 bits per heavy atom. The van der Waals surface area contributed by atoms with Gasteiger partial charge in [0.05, 0.1) is 6.42 Å². The molecule has 0 aromatic carbocycles. The van der Waals surface area contributed by atoms with Gasteiger partial charge in [-0.2, -0.15) is 0 Å². The number of β-lactam (4-membered cyclic amide) rings is 1. The zero-order valence-corrected chi connectivity index (χ0v) is 26.1. The second-order valence-electron chi connectivity index (χ2n) is 11.5. The molecule has 2 N–H and O–H groups in total. The van der Waals surface area contributed by atoms with E-state index in [2.05, 4.69) is 10.6 Å². The number of ether oxygens (including phenoxy) is 4. The summed E-state index contributed by atoms with van der Waals surface area (Å²) in [5, 5.41) is 6.45. The second kappa shape index (κ2) is 12.4. The number of fused-ring (bicyclic) bond motifs is 1. The Kier molecular flexibility index (Phi) is 9.81. The van der Waals surface area contributed by atoms with Crippen LogP contribution in [0.3, 0.4) is 0 Å². The van der Waals surface area contributed by atoms with Crippen LogP contribution in [0.15, 0.2) is 22.7 Å². The number of alkyl carbamates (subject to hydrolysis) is 1. The monoisotopic (exact) mass is 611 g/mol. The van der Waals surface area contributed by atoms with Crippen LogP contribution < -0.4 is 10.6 Å². The van der Waals surface area contributed by atoms with E-state index in [4.69, 9.17) is 18.9 Å². The molecule has 41 heavy (non-hydrogen) atoms. The highest BCUT2D eigenvalue weighted by molar-refractivity contribution is 8.00. The van der Waals surface area contributed by atoms with E-state index in [1.165, 1.54) is 42.0 Å². The third-order valence-corrected chi connectivity index (χ3v) is 8.12. The molecule has 1 aromatic rings. The van der Waals surface area contributed by atoms with Crippen LogP contribution in [0.4, 0.5) is 4.79 Å². The molecule has 0 spiro atoms. The van der Waals surface area contributed by atoms with Gasteiger partial charge in [0.25, 0.3) is 11.6 Å². The van der Waals surface area contributed by atoms with Crippen LogP contribution in [0.1, 0.15) is 58.9 Å². The number of nitrogens with one attached hydrogen (secondary N) is 2. The normalized spacial score (nSPS) is 20.5. The molecule has 14 heteroatoms. The average molecular weight is 612 g/mol. The van der Waals surface area contributed by atoms with Crippen molar-refractivity contribution in [2.75, 3.05) is 19.5 Å². The van der Waals surface area contributed by atoms with Crippen molar-refractivity contribution >= 4 is 52.9 Å². The van der Waals surface area contributed by atoms with Gasteiger partial charge in [-0.05, 0) is 58.6 Å². The summed E-state index contributed by atoms with van der Waals surface area (Å²) in [6, 6.07) is 1.80. The van der Waals surface area contributed by atoms with Crippen LogP contribution in [0.5, 0.6) is 0 Å². The predicted octanol–water partition coefficient (Wildman–Crippen LogP) is 2.85. The molecular weight excluding hydrogens is 574 g/mol. The van der Waals surface area contributed by atoms with Crippen molar-refractivity contribution < 1.29 is 42.9 Å². The van der Waals surface area contributed by atoms with Crippen LogP contribution in [0.25, 0.3) is 0 Å². The highest BCUT2D eigenvalue weighted by Crippen LogP contribution is 2.47. The molecule has 0 aliphatic carbocycles. The van der Waals surface area contributed by atoms with Gasteiger partial charge in [0.15, 0.2) is 0 Å². The molecule has 2 aliphatic rings. The Balaban J connectivity index is 1.75. The van der Waals surface area contributed by atoms with E-state index in [0.29, 0.717) is 10.5 Å². The largest absolute Gasteiger partial charge is 0.461 e. The van der Waals surface area contributed by atoms with Gasteiger partial charge in [0.1, 0.15) is 28.9 Å². The fraction of sp³-hybridized carbons (Fsp3) is 0.593. The third-order valence-electron chi connectivity index (χ3n) is 5.78. The molecule has 1 saturated heterocycles. The maximum Gasteiger partial charge on any atom is 0.407 e. The Morgan fingerprint density at radius 2 is 1.76 bits per heavy atom. The molecule has 2 aliphatic heterocycles. The smallest absolute Gasteiger partial charge is 0.407 e. The van der Waals surface area contributed by atoms with Gasteiger partial charge in [-0.3, -0.25) is 19.3 Å². The Labute approximate surface area is 247 Å². The summed E-state index contributed by atoms with van der Waals surface area (Å²) in [7, 11) is 1.31. The van der Waals surface area contributed by atoms with Gasteiger partial charge in [0.2, 0.25) is 5.91 Å². The fourth-order valence-electron chi connectivity index (χ4n) is 4.12. The molecule has 0 saturated carbocycles. The first kappa shape index (κ1) is 32.4. The van der Waals surface area contributed by atoms with Crippen molar-refractivity contribution in [2.45, 2.75) is 83.7 Å². The molecular formula is C27H37N3O9S2. The predicted molar refractivity (Wildman–Crippen MR) is 152 cm³/mol. The first-order valence-corrected chi connectivity index (χ1v) is 14.8. The van der Waals surface area contributed by atoms with Crippen LogP contribution in [0, 0.1) is 0 Å². The molecule has 3 amide bonds. The van der Waals surface area contributed by atoms with Crippen molar-refractivity contribution in [2.24, 2.45) is 0 Å². The van der Waals surface area contributed by atoms with Crippen molar-refractivity contribution in [3.63, 3.8) is 0 Å². The molecule has 0 radical (unpaired) electrons. The van der Waals surface area contributed by atoms with E-state index in [9.17, 15) is 24.0 Å². The van der Waals surface area contributed by atoms with Crippen LogP contribution >= 0.6 is 23.1 Å².